The SMILES string of the molecule is CC(C)CC(C)CC=CCCCC(=N)C(C)CC(C)C. The lowest BCUT2D eigenvalue weighted by Crippen LogP contribution is -2.12. The molecule has 0 heterocycles. The van der Waals surface area contributed by atoms with Crippen LogP contribution in [-0.2, 0) is 0 Å². The fraction of sp³-hybridized carbons (Fsp3) is 0.842. The Kier molecular flexibility index (Phi) is 10.8. The zero-order chi connectivity index (χ0) is 15.5. The van der Waals surface area contributed by atoms with Crippen LogP contribution in [0.15, 0.2) is 12.2 Å². The summed E-state index contributed by atoms with van der Waals surface area (Å²) in [7, 11) is 0. The standard InChI is InChI=1S/C19H37N/c1-15(2)13-17(5)11-9-7-8-10-12-19(20)18(6)14-16(3)4/h7,9,15-18,20H,8,10-14H2,1-6H3. The van der Waals surface area contributed by atoms with Gasteiger partial charge in [-0.15, -0.1) is 0 Å². The second-order valence-corrected chi connectivity index (χ2v) is 7.39. The molecule has 0 fully saturated rings. The van der Waals surface area contributed by atoms with Gasteiger partial charge in [0.25, 0.3) is 0 Å². The zero-order valence-corrected chi connectivity index (χ0v) is 14.7. The monoisotopic (exact) mass is 279 g/mol. The first-order valence-corrected chi connectivity index (χ1v) is 8.55. The Labute approximate surface area is 127 Å². The van der Waals surface area contributed by atoms with Crippen LogP contribution in [0.2, 0.25) is 0 Å². The van der Waals surface area contributed by atoms with Gasteiger partial charge in [0.05, 0.1) is 0 Å². The minimum atomic E-state index is 0.463. The molecule has 0 bridgehead atoms. The Morgan fingerprint density at radius 3 is 2.05 bits per heavy atom. The van der Waals surface area contributed by atoms with Crippen molar-refractivity contribution in [2.45, 2.75) is 80.1 Å². The van der Waals surface area contributed by atoms with Gasteiger partial charge in [-0.2, -0.15) is 0 Å². The van der Waals surface area contributed by atoms with Gasteiger partial charge in [-0.05, 0) is 62.2 Å². The molecule has 0 aromatic rings. The van der Waals surface area contributed by atoms with Crippen molar-refractivity contribution in [3.8, 4) is 0 Å². The molecular formula is C19H37N. The molecule has 2 atom stereocenters. The van der Waals surface area contributed by atoms with E-state index in [0.29, 0.717) is 11.8 Å². The van der Waals surface area contributed by atoms with Gasteiger partial charge in [-0.25, -0.2) is 0 Å². The Hall–Kier alpha value is -0.590. The quantitative estimate of drug-likeness (QED) is 0.254. The summed E-state index contributed by atoms with van der Waals surface area (Å²) in [6.07, 6.45) is 11.6. The maximum absolute atomic E-state index is 8.09. The molecule has 2 unspecified atom stereocenters. The van der Waals surface area contributed by atoms with E-state index in [4.69, 9.17) is 5.41 Å². The molecule has 0 aromatic carbocycles. The Morgan fingerprint density at radius 1 is 0.900 bits per heavy atom. The van der Waals surface area contributed by atoms with Crippen LogP contribution in [-0.4, -0.2) is 5.71 Å². The summed E-state index contributed by atoms with van der Waals surface area (Å²) in [6.45, 7) is 13.6. The molecule has 1 nitrogen and oxygen atoms in total. The lowest BCUT2D eigenvalue weighted by molar-refractivity contribution is 0.442. The van der Waals surface area contributed by atoms with Crippen LogP contribution in [0.1, 0.15) is 80.1 Å². The van der Waals surface area contributed by atoms with E-state index in [1.165, 1.54) is 12.8 Å². The van der Waals surface area contributed by atoms with Crippen LogP contribution in [0.5, 0.6) is 0 Å². The Bertz CT molecular complexity index is 275. The number of allylic oxidation sites excluding steroid dienone is 2. The molecule has 0 aliphatic carbocycles. The van der Waals surface area contributed by atoms with Gasteiger partial charge >= 0.3 is 0 Å². The first kappa shape index (κ1) is 19.4. The van der Waals surface area contributed by atoms with E-state index in [0.717, 1.165) is 43.2 Å². The summed E-state index contributed by atoms with van der Waals surface area (Å²) in [5.41, 5.74) is 0.945. The molecule has 20 heavy (non-hydrogen) atoms. The summed E-state index contributed by atoms with van der Waals surface area (Å²) in [5, 5.41) is 8.09. The average Bonchev–Trinajstić information content (AvgIpc) is 2.31. The fourth-order valence-electron chi connectivity index (χ4n) is 2.85. The first-order chi connectivity index (χ1) is 9.32. The highest BCUT2D eigenvalue weighted by Crippen LogP contribution is 2.16. The normalized spacial score (nSPS) is 15.2. The Morgan fingerprint density at radius 2 is 1.50 bits per heavy atom. The third kappa shape index (κ3) is 11.3. The first-order valence-electron chi connectivity index (χ1n) is 8.55. The van der Waals surface area contributed by atoms with E-state index in [-0.39, 0.29) is 0 Å². The van der Waals surface area contributed by atoms with Crippen molar-refractivity contribution in [1.29, 1.82) is 5.41 Å². The van der Waals surface area contributed by atoms with E-state index >= 15 is 0 Å². The molecule has 0 aliphatic heterocycles. The van der Waals surface area contributed by atoms with Crippen LogP contribution < -0.4 is 0 Å². The molecule has 0 radical (unpaired) electrons. The predicted octanol–water partition coefficient (Wildman–Crippen LogP) is 6.49. The predicted molar refractivity (Wildman–Crippen MR) is 92.6 cm³/mol. The van der Waals surface area contributed by atoms with Crippen molar-refractivity contribution in [3.05, 3.63) is 12.2 Å². The second kappa shape index (κ2) is 11.1. The van der Waals surface area contributed by atoms with Crippen LogP contribution in [0, 0.1) is 29.1 Å². The van der Waals surface area contributed by atoms with Crippen LogP contribution in [0.3, 0.4) is 0 Å². The number of hydrogen-bond acceptors (Lipinski definition) is 1. The molecule has 0 rings (SSSR count). The van der Waals surface area contributed by atoms with Gasteiger partial charge in [0, 0.05) is 5.71 Å². The van der Waals surface area contributed by atoms with Crippen molar-refractivity contribution < 1.29 is 0 Å². The number of unbranched alkanes of at least 4 members (excludes halogenated alkanes) is 1. The van der Waals surface area contributed by atoms with Crippen molar-refractivity contribution >= 4 is 5.71 Å². The van der Waals surface area contributed by atoms with E-state index in [1.807, 2.05) is 0 Å². The summed E-state index contributed by atoms with van der Waals surface area (Å²) in [5.74, 6) is 2.77. The van der Waals surface area contributed by atoms with Crippen molar-refractivity contribution in [1.82, 2.24) is 0 Å². The molecule has 0 amide bonds. The van der Waals surface area contributed by atoms with Gasteiger partial charge in [0.1, 0.15) is 0 Å². The van der Waals surface area contributed by atoms with Crippen molar-refractivity contribution in [2.24, 2.45) is 23.7 Å². The number of nitrogens with one attached hydrogen (secondary N) is 1. The average molecular weight is 280 g/mol. The van der Waals surface area contributed by atoms with Crippen LogP contribution in [0.4, 0.5) is 0 Å². The van der Waals surface area contributed by atoms with Gasteiger partial charge in [-0.1, -0.05) is 53.7 Å². The van der Waals surface area contributed by atoms with E-state index in [1.54, 1.807) is 0 Å². The molecule has 0 saturated carbocycles. The minimum absolute atomic E-state index is 0.463. The minimum Gasteiger partial charge on any atom is -0.309 e. The molecule has 0 aliphatic rings. The maximum Gasteiger partial charge on any atom is 0.0117 e. The fourth-order valence-corrected chi connectivity index (χ4v) is 2.85. The van der Waals surface area contributed by atoms with Crippen molar-refractivity contribution in [2.75, 3.05) is 0 Å². The third-order valence-corrected chi connectivity index (χ3v) is 3.82. The van der Waals surface area contributed by atoms with Gasteiger partial charge in [-0.3, -0.25) is 0 Å². The second-order valence-electron chi connectivity index (χ2n) is 7.39. The smallest absolute Gasteiger partial charge is 0.0117 e. The largest absolute Gasteiger partial charge is 0.309 e. The highest BCUT2D eigenvalue weighted by atomic mass is 14.4. The van der Waals surface area contributed by atoms with Gasteiger partial charge < -0.3 is 5.41 Å². The molecule has 1 N–H and O–H groups in total. The van der Waals surface area contributed by atoms with Crippen molar-refractivity contribution in [3.63, 3.8) is 0 Å². The zero-order valence-electron chi connectivity index (χ0n) is 14.7. The molecule has 118 valence electrons. The maximum atomic E-state index is 8.09. The third-order valence-electron chi connectivity index (χ3n) is 3.82. The van der Waals surface area contributed by atoms with Crippen LogP contribution in [0.25, 0.3) is 0 Å². The molecule has 0 saturated heterocycles. The highest BCUT2D eigenvalue weighted by molar-refractivity contribution is 5.83. The van der Waals surface area contributed by atoms with E-state index in [2.05, 4.69) is 53.7 Å². The molecule has 0 aromatic heterocycles. The molecular weight excluding hydrogens is 242 g/mol. The summed E-state index contributed by atoms with van der Waals surface area (Å²) in [4.78, 5) is 0. The van der Waals surface area contributed by atoms with Gasteiger partial charge in [0.15, 0.2) is 0 Å². The number of rotatable bonds is 11. The summed E-state index contributed by atoms with van der Waals surface area (Å²) < 4.78 is 0. The lowest BCUT2D eigenvalue weighted by atomic mass is 9.92. The molecule has 0 spiro atoms. The lowest BCUT2D eigenvalue weighted by Gasteiger charge is -2.14. The molecule has 1 heteroatoms. The topological polar surface area (TPSA) is 23.9 Å². The Balaban J connectivity index is 3.67. The summed E-state index contributed by atoms with van der Waals surface area (Å²) >= 11 is 0. The summed E-state index contributed by atoms with van der Waals surface area (Å²) in [6, 6.07) is 0. The number of hydrogen-bond donors (Lipinski definition) is 1. The van der Waals surface area contributed by atoms with Crippen LogP contribution >= 0.6 is 0 Å². The van der Waals surface area contributed by atoms with Gasteiger partial charge in [0.2, 0.25) is 0 Å². The van der Waals surface area contributed by atoms with E-state index < -0.39 is 0 Å². The van der Waals surface area contributed by atoms with E-state index in [9.17, 15) is 0 Å². The highest BCUT2D eigenvalue weighted by Gasteiger charge is 2.10.